The minimum absolute atomic E-state index is 0.133. The lowest BCUT2D eigenvalue weighted by Crippen LogP contribution is -2.46. The van der Waals surface area contributed by atoms with Crippen LogP contribution in [0.4, 0.5) is 15.6 Å². The van der Waals surface area contributed by atoms with E-state index in [0.29, 0.717) is 42.1 Å². The third-order valence-corrected chi connectivity index (χ3v) is 5.19. The number of nitrogens with one attached hydrogen (secondary N) is 2. The van der Waals surface area contributed by atoms with Crippen molar-refractivity contribution in [3.05, 3.63) is 35.3 Å². The van der Waals surface area contributed by atoms with E-state index in [1.54, 1.807) is 4.90 Å². The highest BCUT2D eigenvalue weighted by molar-refractivity contribution is 7.14. The molecule has 2 N–H and O–H groups in total. The van der Waals surface area contributed by atoms with Crippen molar-refractivity contribution in [3.8, 4) is 5.75 Å². The number of hydrogen-bond acceptors (Lipinski definition) is 5. The first kappa shape index (κ1) is 20.1. The standard InChI is InChI=1S/C20H26N4O3S/c1-14(2)7-10-27-17-6-3-5-15(11-17)22-18(25)12-16-13-28-20(23-16)24-9-4-8-21-19(24)26/h3,5-6,11,13-14H,4,7-10,12H2,1-2H3,(H,21,26)(H,22,25). The van der Waals surface area contributed by atoms with E-state index < -0.39 is 0 Å². The van der Waals surface area contributed by atoms with Crippen molar-refractivity contribution in [3.63, 3.8) is 0 Å². The predicted octanol–water partition coefficient (Wildman–Crippen LogP) is 3.67. The van der Waals surface area contributed by atoms with Crippen LogP contribution in [0, 0.1) is 5.92 Å². The number of thiazole rings is 1. The predicted molar refractivity (Wildman–Crippen MR) is 111 cm³/mol. The maximum absolute atomic E-state index is 12.4. The number of hydrogen-bond donors (Lipinski definition) is 2. The Kier molecular flexibility index (Phi) is 6.86. The first-order chi connectivity index (χ1) is 13.5. The Bertz CT molecular complexity index is 821. The zero-order chi connectivity index (χ0) is 19.9. The van der Waals surface area contributed by atoms with Crippen LogP contribution in [0.15, 0.2) is 29.6 Å². The van der Waals surface area contributed by atoms with Gasteiger partial charge in [0.25, 0.3) is 0 Å². The van der Waals surface area contributed by atoms with Gasteiger partial charge in [-0.15, -0.1) is 11.3 Å². The molecule has 1 aliphatic heterocycles. The topological polar surface area (TPSA) is 83.6 Å². The summed E-state index contributed by atoms with van der Waals surface area (Å²) >= 11 is 1.38. The summed E-state index contributed by atoms with van der Waals surface area (Å²) in [5, 5.41) is 8.13. The van der Waals surface area contributed by atoms with E-state index in [1.165, 1.54) is 11.3 Å². The number of urea groups is 1. The maximum Gasteiger partial charge on any atom is 0.323 e. The average molecular weight is 403 g/mol. The molecule has 3 amide bonds. The van der Waals surface area contributed by atoms with Crippen LogP contribution in [0.25, 0.3) is 0 Å². The number of benzene rings is 1. The van der Waals surface area contributed by atoms with Crippen molar-refractivity contribution in [2.75, 3.05) is 29.9 Å². The fraction of sp³-hybridized carbons (Fsp3) is 0.450. The van der Waals surface area contributed by atoms with Crippen molar-refractivity contribution >= 4 is 34.1 Å². The molecule has 0 spiro atoms. The van der Waals surface area contributed by atoms with Crippen LogP contribution in [0.5, 0.6) is 5.75 Å². The second-order valence-corrected chi connectivity index (χ2v) is 7.98. The van der Waals surface area contributed by atoms with E-state index in [2.05, 4.69) is 29.5 Å². The van der Waals surface area contributed by atoms with Crippen molar-refractivity contribution < 1.29 is 14.3 Å². The number of amides is 3. The van der Waals surface area contributed by atoms with Crippen LogP contribution < -0.4 is 20.3 Å². The molecule has 3 rings (SSSR count). The van der Waals surface area contributed by atoms with Crippen LogP contribution in [0.3, 0.4) is 0 Å². The molecule has 1 aromatic carbocycles. The minimum Gasteiger partial charge on any atom is -0.494 e. The van der Waals surface area contributed by atoms with Crippen LogP contribution in [0.2, 0.25) is 0 Å². The molecule has 8 heteroatoms. The zero-order valence-corrected chi connectivity index (χ0v) is 17.1. The second-order valence-electron chi connectivity index (χ2n) is 7.14. The largest absolute Gasteiger partial charge is 0.494 e. The number of anilines is 2. The fourth-order valence-electron chi connectivity index (χ4n) is 2.76. The molecule has 0 atom stereocenters. The van der Waals surface area contributed by atoms with E-state index >= 15 is 0 Å². The molecule has 0 saturated carbocycles. The van der Waals surface area contributed by atoms with Gasteiger partial charge in [0.15, 0.2) is 5.13 Å². The van der Waals surface area contributed by atoms with Gasteiger partial charge in [0.2, 0.25) is 5.91 Å². The Labute approximate surface area is 169 Å². The summed E-state index contributed by atoms with van der Waals surface area (Å²) in [5.74, 6) is 1.17. The van der Waals surface area contributed by atoms with Gasteiger partial charge in [-0.1, -0.05) is 19.9 Å². The smallest absolute Gasteiger partial charge is 0.323 e. The third kappa shape index (κ3) is 5.69. The fourth-order valence-corrected chi connectivity index (χ4v) is 3.61. The molecular weight excluding hydrogens is 376 g/mol. The van der Waals surface area contributed by atoms with Gasteiger partial charge < -0.3 is 15.4 Å². The lowest BCUT2D eigenvalue weighted by molar-refractivity contribution is -0.115. The Morgan fingerprint density at radius 1 is 1.43 bits per heavy atom. The molecule has 1 saturated heterocycles. The van der Waals surface area contributed by atoms with Crippen molar-refractivity contribution in [2.24, 2.45) is 5.92 Å². The van der Waals surface area contributed by atoms with Crippen LogP contribution in [-0.2, 0) is 11.2 Å². The minimum atomic E-state index is -0.153. The van der Waals surface area contributed by atoms with E-state index in [4.69, 9.17) is 4.74 Å². The van der Waals surface area contributed by atoms with Crippen molar-refractivity contribution in [2.45, 2.75) is 33.1 Å². The zero-order valence-electron chi connectivity index (χ0n) is 16.2. The summed E-state index contributed by atoms with van der Waals surface area (Å²) < 4.78 is 5.73. The van der Waals surface area contributed by atoms with Crippen LogP contribution in [0.1, 0.15) is 32.4 Å². The van der Waals surface area contributed by atoms with Gasteiger partial charge in [-0.25, -0.2) is 9.78 Å². The van der Waals surface area contributed by atoms with Gasteiger partial charge in [-0.05, 0) is 30.9 Å². The number of aromatic nitrogens is 1. The van der Waals surface area contributed by atoms with Crippen LogP contribution in [-0.4, -0.2) is 36.6 Å². The Morgan fingerprint density at radius 2 is 2.29 bits per heavy atom. The molecule has 1 aromatic heterocycles. The van der Waals surface area contributed by atoms with Gasteiger partial charge in [-0.2, -0.15) is 0 Å². The number of nitrogens with zero attached hydrogens (tertiary/aromatic N) is 2. The van der Waals surface area contributed by atoms with Crippen molar-refractivity contribution in [1.29, 1.82) is 0 Å². The number of carbonyl (C=O) groups is 2. The molecule has 0 radical (unpaired) electrons. The molecule has 0 aliphatic carbocycles. The van der Waals surface area contributed by atoms with Crippen LogP contribution >= 0.6 is 11.3 Å². The van der Waals surface area contributed by atoms with E-state index in [-0.39, 0.29) is 18.4 Å². The Balaban J connectivity index is 1.54. The van der Waals surface area contributed by atoms with Gasteiger partial charge in [0, 0.05) is 30.2 Å². The van der Waals surface area contributed by atoms with Gasteiger partial charge >= 0.3 is 6.03 Å². The SMILES string of the molecule is CC(C)CCOc1cccc(NC(=O)Cc2csc(N3CCCNC3=O)n2)c1. The molecule has 2 heterocycles. The molecule has 28 heavy (non-hydrogen) atoms. The quantitative estimate of drug-likeness (QED) is 0.706. The molecule has 0 unspecified atom stereocenters. The summed E-state index contributed by atoms with van der Waals surface area (Å²) in [4.78, 5) is 30.3. The molecule has 150 valence electrons. The highest BCUT2D eigenvalue weighted by Crippen LogP contribution is 2.23. The lowest BCUT2D eigenvalue weighted by Gasteiger charge is -2.24. The van der Waals surface area contributed by atoms with E-state index in [0.717, 1.165) is 18.6 Å². The lowest BCUT2D eigenvalue weighted by atomic mass is 10.1. The maximum atomic E-state index is 12.4. The molecule has 7 nitrogen and oxygen atoms in total. The summed E-state index contributed by atoms with van der Waals surface area (Å²) in [6.07, 6.45) is 2.03. The van der Waals surface area contributed by atoms with E-state index in [1.807, 2.05) is 29.6 Å². The number of rotatable bonds is 8. The Morgan fingerprint density at radius 3 is 3.07 bits per heavy atom. The van der Waals surface area contributed by atoms with E-state index in [9.17, 15) is 9.59 Å². The van der Waals surface area contributed by atoms with Gasteiger partial charge in [0.1, 0.15) is 5.75 Å². The highest BCUT2D eigenvalue weighted by Gasteiger charge is 2.22. The molecular formula is C20H26N4O3S. The highest BCUT2D eigenvalue weighted by atomic mass is 32.1. The Hall–Kier alpha value is -2.61. The molecule has 1 aliphatic rings. The average Bonchev–Trinajstić information content (AvgIpc) is 3.10. The van der Waals surface area contributed by atoms with Crippen molar-refractivity contribution in [1.82, 2.24) is 10.3 Å². The third-order valence-electron chi connectivity index (χ3n) is 4.27. The summed E-state index contributed by atoms with van der Waals surface area (Å²) in [6.45, 7) is 6.30. The molecule has 0 bridgehead atoms. The summed E-state index contributed by atoms with van der Waals surface area (Å²) in [5.41, 5.74) is 1.35. The monoisotopic (exact) mass is 402 g/mol. The normalized spacial score (nSPS) is 14.1. The van der Waals surface area contributed by atoms with Gasteiger partial charge in [-0.3, -0.25) is 9.69 Å². The molecule has 2 aromatic rings. The van der Waals surface area contributed by atoms with Gasteiger partial charge in [0.05, 0.1) is 18.7 Å². The summed E-state index contributed by atoms with van der Waals surface area (Å²) in [7, 11) is 0. The molecule has 1 fully saturated rings. The summed E-state index contributed by atoms with van der Waals surface area (Å²) in [6, 6.07) is 7.26. The number of carbonyl (C=O) groups excluding carboxylic acids is 2. The number of ether oxygens (including phenoxy) is 1. The first-order valence-corrected chi connectivity index (χ1v) is 10.4. The first-order valence-electron chi connectivity index (χ1n) is 9.54. The second kappa shape index (κ2) is 9.54.